The molecule has 0 aliphatic carbocycles. The highest BCUT2D eigenvalue weighted by Crippen LogP contribution is 2.24. The lowest BCUT2D eigenvalue weighted by Crippen LogP contribution is -2.18. The van der Waals surface area contributed by atoms with E-state index >= 15 is 0 Å². The van der Waals surface area contributed by atoms with Gasteiger partial charge in [0, 0.05) is 18.3 Å². The summed E-state index contributed by atoms with van der Waals surface area (Å²) in [7, 11) is 0. The fraction of sp³-hybridized carbons (Fsp3) is 0.545. The number of nitrogens with zero attached hydrogens (tertiary/aromatic N) is 1. The Bertz CT molecular complexity index is 322. The number of pyridine rings is 1. The second kappa shape index (κ2) is 3.86. The number of nitrogens with one attached hydrogen (secondary N) is 2. The van der Waals surface area contributed by atoms with Crippen molar-refractivity contribution in [1.82, 2.24) is 4.98 Å². The summed E-state index contributed by atoms with van der Waals surface area (Å²) in [6, 6.07) is 4.70. The maximum Gasteiger partial charge on any atom is 0.149 e. The van der Waals surface area contributed by atoms with Gasteiger partial charge < -0.3 is 10.6 Å². The van der Waals surface area contributed by atoms with Crippen LogP contribution >= 0.6 is 0 Å². The first kappa shape index (κ1) is 9.31. The third kappa shape index (κ3) is 1.81. The van der Waals surface area contributed by atoms with E-state index < -0.39 is 0 Å². The van der Waals surface area contributed by atoms with Crippen molar-refractivity contribution in [2.24, 2.45) is 0 Å². The molecule has 1 aromatic rings. The highest BCUT2D eigenvalue weighted by atomic mass is 15.1. The van der Waals surface area contributed by atoms with E-state index in [4.69, 9.17) is 0 Å². The van der Waals surface area contributed by atoms with Crippen molar-refractivity contribution in [3.63, 3.8) is 0 Å². The van der Waals surface area contributed by atoms with Crippen molar-refractivity contribution >= 4 is 11.5 Å². The largest absolute Gasteiger partial charge is 0.382 e. The molecule has 76 valence electrons. The Morgan fingerprint density at radius 1 is 1.50 bits per heavy atom. The van der Waals surface area contributed by atoms with E-state index in [0.717, 1.165) is 36.6 Å². The van der Waals surface area contributed by atoms with Gasteiger partial charge in [0.05, 0.1) is 5.69 Å². The van der Waals surface area contributed by atoms with Gasteiger partial charge in [-0.3, -0.25) is 0 Å². The summed E-state index contributed by atoms with van der Waals surface area (Å²) < 4.78 is 0. The molecule has 0 aromatic carbocycles. The Labute approximate surface area is 84.9 Å². The van der Waals surface area contributed by atoms with E-state index in [1.807, 2.05) is 13.0 Å². The van der Waals surface area contributed by atoms with Gasteiger partial charge in [-0.2, -0.15) is 0 Å². The van der Waals surface area contributed by atoms with Crippen molar-refractivity contribution in [1.29, 1.82) is 0 Å². The molecule has 0 saturated carbocycles. The van der Waals surface area contributed by atoms with Crippen LogP contribution in [-0.2, 0) is 0 Å². The molecule has 0 radical (unpaired) electrons. The zero-order valence-corrected chi connectivity index (χ0v) is 8.80. The van der Waals surface area contributed by atoms with Gasteiger partial charge in [-0.1, -0.05) is 6.92 Å². The molecule has 0 saturated heterocycles. The van der Waals surface area contributed by atoms with Crippen LogP contribution in [0.4, 0.5) is 11.5 Å². The number of rotatable bonds is 1. The Morgan fingerprint density at radius 3 is 3.14 bits per heavy atom. The van der Waals surface area contributed by atoms with Gasteiger partial charge in [0.15, 0.2) is 0 Å². The zero-order chi connectivity index (χ0) is 9.97. The summed E-state index contributed by atoms with van der Waals surface area (Å²) in [4.78, 5) is 4.50. The fourth-order valence-corrected chi connectivity index (χ4v) is 1.76. The van der Waals surface area contributed by atoms with Crippen LogP contribution in [-0.4, -0.2) is 17.6 Å². The zero-order valence-electron chi connectivity index (χ0n) is 8.80. The molecule has 14 heavy (non-hydrogen) atoms. The first-order chi connectivity index (χ1) is 6.79. The molecule has 1 aliphatic rings. The van der Waals surface area contributed by atoms with Crippen molar-refractivity contribution < 1.29 is 0 Å². The van der Waals surface area contributed by atoms with Crippen LogP contribution < -0.4 is 10.6 Å². The normalized spacial score (nSPS) is 20.3. The van der Waals surface area contributed by atoms with Crippen molar-refractivity contribution in [2.45, 2.75) is 32.7 Å². The second-order valence-electron chi connectivity index (χ2n) is 3.81. The number of fused-ring (bicyclic) bond motifs is 1. The minimum atomic E-state index is 0.554. The number of aryl methyl sites for hydroxylation is 1. The van der Waals surface area contributed by atoms with Crippen molar-refractivity contribution in [3.05, 3.63) is 17.8 Å². The molecule has 0 amide bonds. The third-order valence-corrected chi connectivity index (χ3v) is 2.68. The molecule has 2 heterocycles. The molecule has 3 nitrogen and oxygen atoms in total. The molecule has 1 atom stereocenters. The van der Waals surface area contributed by atoms with Crippen LogP contribution in [0.2, 0.25) is 0 Å². The molecule has 0 fully saturated rings. The molecule has 0 bridgehead atoms. The summed E-state index contributed by atoms with van der Waals surface area (Å²) in [6.45, 7) is 5.26. The van der Waals surface area contributed by atoms with E-state index in [1.165, 1.54) is 0 Å². The van der Waals surface area contributed by atoms with E-state index in [2.05, 4.69) is 28.6 Å². The van der Waals surface area contributed by atoms with Gasteiger partial charge in [-0.05, 0) is 31.9 Å². The number of anilines is 2. The predicted molar refractivity (Wildman–Crippen MR) is 59.8 cm³/mol. The van der Waals surface area contributed by atoms with Gasteiger partial charge in [0.1, 0.15) is 5.82 Å². The molecule has 0 spiro atoms. The summed E-state index contributed by atoms with van der Waals surface area (Å²) in [5.74, 6) is 1.01. The van der Waals surface area contributed by atoms with E-state index in [1.54, 1.807) is 0 Å². The maximum absolute atomic E-state index is 4.50. The molecular formula is C11H17N3. The van der Waals surface area contributed by atoms with Crippen LogP contribution in [0.3, 0.4) is 0 Å². The Kier molecular flexibility index (Phi) is 2.57. The van der Waals surface area contributed by atoms with Crippen LogP contribution in [0.25, 0.3) is 0 Å². The summed E-state index contributed by atoms with van der Waals surface area (Å²) in [6.07, 6.45) is 2.31. The average Bonchev–Trinajstić information content (AvgIpc) is 2.38. The maximum atomic E-state index is 4.50. The highest BCUT2D eigenvalue weighted by Gasteiger charge is 2.14. The van der Waals surface area contributed by atoms with Crippen LogP contribution in [0.1, 0.15) is 25.5 Å². The Balaban J connectivity index is 2.28. The van der Waals surface area contributed by atoms with Crippen LogP contribution in [0.15, 0.2) is 12.1 Å². The topological polar surface area (TPSA) is 37.0 Å². The first-order valence-electron chi connectivity index (χ1n) is 5.27. The Hall–Kier alpha value is -1.25. The molecule has 2 N–H and O–H groups in total. The third-order valence-electron chi connectivity index (χ3n) is 2.68. The summed E-state index contributed by atoms with van der Waals surface area (Å²) in [5.41, 5.74) is 2.20. The summed E-state index contributed by atoms with van der Waals surface area (Å²) in [5, 5.41) is 6.87. The lowest BCUT2D eigenvalue weighted by molar-refractivity contribution is 0.659. The van der Waals surface area contributed by atoms with Gasteiger partial charge in [0.25, 0.3) is 0 Å². The number of hydrogen-bond acceptors (Lipinski definition) is 3. The number of aromatic nitrogens is 1. The fourth-order valence-electron chi connectivity index (χ4n) is 1.76. The van der Waals surface area contributed by atoms with Gasteiger partial charge in [-0.15, -0.1) is 0 Å². The molecule has 3 heteroatoms. The van der Waals surface area contributed by atoms with E-state index in [0.29, 0.717) is 6.04 Å². The quantitative estimate of drug-likeness (QED) is 0.715. The lowest BCUT2D eigenvalue weighted by atomic mass is 10.1. The highest BCUT2D eigenvalue weighted by molar-refractivity contribution is 5.65. The van der Waals surface area contributed by atoms with Crippen LogP contribution in [0, 0.1) is 6.92 Å². The van der Waals surface area contributed by atoms with E-state index in [9.17, 15) is 0 Å². The molecule has 2 rings (SSSR count). The van der Waals surface area contributed by atoms with Crippen LogP contribution in [0.5, 0.6) is 0 Å². The monoisotopic (exact) mass is 191 g/mol. The smallest absolute Gasteiger partial charge is 0.149 e. The minimum absolute atomic E-state index is 0.554. The molecule has 1 aromatic heterocycles. The van der Waals surface area contributed by atoms with Gasteiger partial charge in [0.2, 0.25) is 0 Å². The first-order valence-corrected chi connectivity index (χ1v) is 5.27. The molecule has 1 aliphatic heterocycles. The SMILES string of the molecule is CCC1CCNc2ccc(C)nc2N1. The predicted octanol–water partition coefficient (Wildman–Crippen LogP) is 2.40. The standard InChI is InChI=1S/C11H17N3/c1-3-9-6-7-12-10-5-4-8(2)13-11(10)14-9/h4-5,9,12H,3,6-7H2,1-2H3,(H,13,14). The van der Waals surface area contributed by atoms with Crippen molar-refractivity contribution in [3.8, 4) is 0 Å². The number of hydrogen-bond donors (Lipinski definition) is 2. The summed E-state index contributed by atoms with van der Waals surface area (Å²) >= 11 is 0. The van der Waals surface area contributed by atoms with Gasteiger partial charge in [-0.25, -0.2) is 4.98 Å². The second-order valence-corrected chi connectivity index (χ2v) is 3.81. The average molecular weight is 191 g/mol. The molecular weight excluding hydrogens is 174 g/mol. The van der Waals surface area contributed by atoms with Gasteiger partial charge >= 0.3 is 0 Å². The minimum Gasteiger partial charge on any atom is -0.382 e. The van der Waals surface area contributed by atoms with E-state index in [-0.39, 0.29) is 0 Å². The Morgan fingerprint density at radius 2 is 2.36 bits per heavy atom. The molecule has 1 unspecified atom stereocenters. The lowest BCUT2D eigenvalue weighted by Gasteiger charge is -2.14. The van der Waals surface area contributed by atoms with Crippen molar-refractivity contribution in [2.75, 3.05) is 17.2 Å².